The van der Waals surface area contributed by atoms with Crippen molar-refractivity contribution in [1.29, 1.82) is 0 Å². The molecule has 0 aliphatic heterocycles. The molecule has 0 unspecified atom stereocenters. The quantitative estimate of drug-likeness (QED) is 0.778. The van der Waals surface area contributed by atoms with E-state index >= 15 is 0 Å². The number of hydrogen-bond donors (Lipinski definition) is 1. The highest BCUT2D eigenvalue weighted by Crippen LogP contribution is 2.29. The Morgan fingerprint density at radius 1 is 1.00 bits per heavy atom. The smallest absolute Gasteiger partial charge is 0.389 e. The van der Waals surface area contributed by atoms with Crippen LogP contribution < -0.4 is 0 Å². The van der Waals surface area contributed by atoms with Crippen molar-refractivity contribution >= 4 is 5.97 Å². The highest BCUT2D eigenvalue weighted by molar-refractivity contribution is 5.66. The Balaban J connectivity index is 0. The third kappa shape index (κ3) is 23.1. The van der Waals surface area contributed by atoms with Gasteiger partial charge in [-0.15, -0.1) is 0 Å². The first-order valence-corrected chi connectivity index (χ1v) is 4.33. The van der Waals surface area contributed by atoms with E-state index in [1.54, 1.807) is 0 Å². The molecule has 0 aromatic heterocycles. The first-order chi connectivity index (χ1) is 6.98. The number of hydrogen-bond acceptors (Lipinski definition) is 1. The SMILES string of the molecule is CCCC(=O)O.FC(F)(F)CCC(F)(F)F. The maximum absolute atomic E-state index is 11.1. The standard InChI is InChI=1S/C4H4F6.C4H8O2/c5-3(6,7)1-2-4(8,9)10;1-2-3-4(5)6/h1-2H2;2-3H2,1H3,(H,5,6). The average Bonchev–Trinajstić information content (AvgIpc) is 1.99. The molecule has 0 aromatic rings. The molecule has 8 heteroatoms. The summed E-state index contributed by atoms with van der Waals surface area (Å²) >= 11 is 0. The zero-order valence-corrected chi connectivity index (χ0v) is 8.45. The fourth-order valence-corrected chi connectivity index (χ4v) is 0.497. The van der Waals surface area contributed by atoms with E-state index < -0.39 is 31.2 Å². The summed E-state index contributed by atoms with van der Waals surface area (Å²) in [6, 6.07) is 0. The molecule has 0 aromatic carbocycles. The van der Waals surface area contributed by atoms with E-state index in [4.69, 9.17) is 5.11 Å². The predicted molar refractivity (Wildman–Crippen MR) is 43.9 cm³/mol. The molecule has 0 bridgehead atoms. The van der Waals surface area contributed by atoms with Gasteiger partial charge in [0.25, 0.3) is 0 Å². The number of carboxylic acids is 1. The van der Waals surface area contributed by atoms with E-state index in [1.165, 1.54) is 0 Å². The highest BCUT2D eigenvalue weighted by Gasteiger charge is 2.36. The molecule has 0 amide bonds. The van der Waals surface area contributed by atoms with E-state index in [9.17, 15) is 31.1 Å². The zero-order chi connectivity index (χ0) is 13.4. The molecule has 1 N–H and O–H groups in total. The van der Waals surface area contributed by atoms with Gasteiger partial charge in [-0.2, -0.15) is 26.3 Å². The van der Waals surface area contributed by atoms with E-state index in [0.717, 1.165) is 6.42 Å². The van der Waals surface area contributed by atoms with Crippen molar-refractivity contribution in [2.75, 3.05) is 0 Å². The molecule has 0 rings (SSSR count). The van der Waals surface area contributed by atoms with Crippen LogP contribution in [0.25, 0.3) is 0 Å². The second-order valence-electron chi connectivity index (χ2n) is 2.87. The first-order valence-electron chi connectivity index (χ1n) is 4.33. The Kier molecular flexibility index (Phi) is 8.01. The molecule has 0 aliphatic carbocycles. The summed E-state index contributed by atoms with van der Waals surface area (Å²) in [5.41, 5.74) is 0. The summed E-state index contributed by atoms with van der Waals surface area (Å²) in [4.78, 5) is 9.60. The fraction of sp³-hybridized carbons (Fsp3) is 0.875. The molecule has 2 nitrogen and oxygen atoms in total. The molecule has 0 atom stereocenters. The minimum absolute atomic E-state index is 0.292. The van der Waals surface area contributed by atoms with Crippen LogP contribution in [0.1, 0.15) is 32.6 Å². The Morgan fingerprint density at radius 3 is 1.38 bits per heavy atom. The molecular weight excluding hydrogens is 242 g/mol. The van der Waals surface area contributed by atoms with Crippen molar-refractivity contribution in [3.8, 4) is 0 Å². The third-order valence-electron chi connectivity index (χ3n) is 1.16. The molecule has 0 saturated carbocycles. The van der Waals surface area contributed by atoms with Crippen LogP contribution in [0.15, 0.2) is 0 Å². The van der Waals surface area contributed by atoms with Crippen molar-refractivity contribution in [3.63, 3.8) is 0 Å². The van der Waals surface area contributed by atoms with Gasteiger partial charge in [0.05, 0.1) is 12.8 Å². The largest absolute Gasteiger partial charge is 0.481 e. The molecule has 98 valence electrons. The maximum atomic E-state index is 11.1. The van der Waals surface area contributed by atoms with Crippen LogP contribution in [0.5, 0.6) is 0 Å². The van der Waals surface area contributed by atoms with Crippen molar-refractivity contribution in [3.05, 3.63) is 0 Å². The van der Waals surface area contributed by atoms with Crippen LogP contribution in [0.3, 0.4) is 0 Å². The van der Waals surface area contributed by atoms with E-state index in [1.807, 2.05) is 6.92 Å². The average molecular weight is 254 g/mol. The zero-order valence-electron chi connectivity index (χ0n) is 8.45. The van der Waals surface area contributed by atoms with E-state index in [-0.39, 0.29) is 0 Å². The lowest BCUT2D eigenvalue weighted by Crippen LogP contribution is -2.15. The highest BCUT2D eigenvalue weighted by atomic mass is 19.4. The Labute approximate surface area is 88.2 Å². The minimum atomic E-state index is -4.71. The van der Waals surface area contributed by atoms with Crippen molar-refractivity contribution in [2.24, 2.45) is 0 Å². The van der Waals surface area contributed by atoms with E-state index in [2.05, 4.69) is 0 Å². The number of aliphatic carboxylic acids is 1. The monoisotopic (exact) mass is 254 g/mol. The molecule has 0 radical (unpaired) electrons. The van der Waals surface area contributed by atoms with Gasteiger partial charge in [-0.3, -0.25) is 4.79 Å². The van der Waals surface area contributed by atoms with Crippen LogP contribution in [-0.2, 0) is 4.79 Å². The number of carboxylic acid groups (broad SMARTS) is 1. The van der Waals surface area contributed by atoms with Gasteiger partial charge < -0.3 is 5.11 Å². The van der Waals surface area contributed by atoms with E-state index in [0.29, 0.717) is 6.42 Å². The van der Waals surface area contributed by atoms with Crippen LogP contribution in [-0.4, -0.2) is 23.4 Å². The van der Waals surface area contributed by atoms with Gasteiger partial charge in [-0.1, -0.05) is 6.92 Å². The van der Waals surface area contributed by atoms with Gasteiger partial charge in [0, 0.05) is 6.42 Å². The fourth-order valence-electron chi connectivity index (χ4n) is 0.497. The van der Waals surface area contributed by atoms with Crippen molar-refractivity contribution in [2.45, 2.75) is 45.0 Å². The summed E-state index contributed by atoms with van der Waals surface area (Å²) in [5, 5.41) is 7.91. The van der Waals surface area contributed by atoms with Crippen molar-refractivity contribution in [1.82, 2.24) is 0 Å². The van der Waals surface area contributed by atoms with Crippen LogP contribution in [0.4, 0.5) is 26.3 Å². The second kappa shape index (κ2) is 7.34. The summed E-state index contributed by atoms with van der Waals surface area (Å²) in [6.07, 6.45) is -12.0. The number of halogens is 6. The molecule has 0 spiro atoms. The molecule has 0 saturated heterocycles. The lowest BCUT2D eigenvalue weighted by atomic mass is 10.3. The lowest BCUT2D eigenvalue weighted by Gasteiger charge is -2.07. The summed E-state index contributed by atoms with van der Waals surface area (Å²) in [5.74, 6) is -0.711. The minimum Gasteiger partial charge on any atom is -0.481 e. The van der Waals surface area contributed by atoms with Gasteiger partial charge in [0.15, 0.2) is 0 Å². The third-order valence-corrected chi connectivity index (χ3v) is 1.16. The molecule has 0 aliphatic rings. The maximum Gasteiger partial charge on any atom is 0.389 e. The Bertz CT molecular complexity index is 182. The van der Waals surface area contributed by atoms with Gasteiger partial charge >= 0.3 is 18.3 Å². The molecule has 16 heavy (non-hydrogen) atoms. The van der Waals surface area contributed by atoms with Crippen molar-refractivity contribution < 1.29 is 36.2 Å². The Hall–Kier alpha value is -0.950. The lowest BCUT2D eigenvalue weighted by molar-refractivity contribution is -0.183. The van der Waals surface area contributed by atoms with Gasteiger partial charge in [-0.05, 0) is 6.42 Å². The van der Waals surface area contributed by atoms with Gasteiger partial charge in [0.2, 0.25) is 0 Å². The normalized spacial score (nSPS) is 11.7. The number of carbonyl (C=O) groups is 1. The van der Waals surface area contributed by atoms with Gasteiger partial charge in [-0.25, -0.2) is 0 Å². The molecule has 0 fully saturated rings. The molecule has 0 heterocycles. The second-order valence-corrected chi connectivity index (χ2v) is 2.87. The summed E-state index contributed by atoms with van der Waals surface area (Å²) in [6.45, 7) is 1.84. The summed E-state index contributed by atoms with van der Waals surface area (Å²) in [7, 11) is 0. The van der Waals surface area contributed by atoms with Crippen LogP contribution >= 0.6 is 0 Å². The first kappa shape index (κ1) is 17.4. The Morgan fingerprint density at radius 2 is 1.31 bits per heavy atom. The number of alkyl halides is 6. The topological polar surface area (TPSA) is 37.3 Å². The molecular formula is C8H12F6O2. The summed E-state index contributed by atoms with van der Waals surface area (Å²) < 4.78 is 66.5. The van der Waals surface area contributed by atoms with Gasteiger partial charge in [0.1, 0.15) is 0 Å². The van der Waals surface area contributed by atoms with Crippen LogP contribution in [0.2, 0.25) is 0 Å². The number of rotatable bonds is 3. The predicted octanol–water partition coefficient (Wildman–Crippen LogP) is 3.76. The van der Waals surface area contributed by atoms with Crippen LogP contribution in [0, 0.1) is 0 Å².